The Morgan fingerprint density at radius 2 is 0.600 bits per heavy atom. The monoisotopic (exact) mass is 330 g/mol. The average Bonchev–Trinajstić information content (AvgIpc) is 2.19. The van der Waals surface area contributed by atoms with E-state index in [1.807, 2.05) is 40.5 Å². The minimum atomic E-state index is -0.167. The first-order valence-electron chi connectivity index (χ1n) is 6.75. The molecule has 20 heavy (non-hydrogen) atoms. The van der Waals surface area contributed by atoms with Crippen molar-refractivity contribution in [2.75, 3.05) is 0 Å². The zero-order valence-electron chi connectivity index (χ0n) is 15.1. The van der Waals surface area contributed by atoms with Crippen molar-refractivity contribution in [2.45, 2.75) is 87.5 Å². The van der Waals surface area contributed by atoms with Crippen LogP contribution >= 0.6 is 0 Å². The first-order valence-corrected chi connectivity index (χ1v) is 7.39. The van der Waals surface area contributed by atoms with E-state index in [-0.39, 0.29) is 18.3 Å². The van der Waals surface area contributed by atoms with E-state index >= 15 is 0 Å². The van der Waals surface area contributed by atoms with E-state index in [1.54, 1.807) is 41.5 Å². The maximum absolute atomic E-state index is 8.25. The van der Waals surface area contributed by atoms with Crippen molar-refractivity contribution in [3.63, 3.8) is 0 Å². The van der Waals surface area contributed by atoms with Crippen molar-refractivity contribution >= 4 is 0 Å². The molecule has 0 aromatic rings. The molecule has 0 aromatic heterocycles. The molecule has 0 rings (SSSR count). The summed E-state index contributed by atoms with van der Waals surface area (Å²) in [4.78, 5) is 0. The zero-order valence-corrected chi connectivity index (χ0v) is 16.7. The van der Waals surface area contributed by atoms with Crippen LogP contribution in [0.25, 0.3) is 0 Å². The van der Waals surface area contributed by atoms with Crippen LogP contribution in [0.4, 0.5) is 0 Å². The molecule has 0 aromatic carbocycles. The Bertz CT molecular complexity index is 75.3. The molecular weight excluding hydrogens is 292 g/mol. The van der Waals surface area contributed by atoms with Gasteiger partial charge in [-0.1, -0.05) is 0 Å². The standard InChI is InChI=1S/3C3H8O.2C3H7.O.Ti/c3*1-3(2)4;2*1-3-2;;/h3*3-4H,1-2H3;2*3H,1-2H3;;/q;;;2*-1;;+2. The van der Waals surface area contributed by atoms with Crippen molar-refractivity contribution in [1.82, 2.24) is 0 Å². The van der Waals surface area contributed by atoms with Gasteiger partial charge in [0.05, 0.1) is 0 Å². The van der Waals surface area contributed by atoms with E-state index in [2.05, 4.69) is 0 Å². The van der Waals surface area contributed by atoms with Crippen LogP contribution < -0.4 is 0 Å². The zero-order chi connectivity index (χ0) is 18.1. The Labute approximate surface area is 139 Å². The van der Waals surface area contributed by atoms with Crippen LogP contribution in [0.3, 0.4) is 0 Å². The third kappa shape index (κ3) is 35800. The fourth-order valence-corrected chi connectivity index (χ4v) is 0. The summed E-state index contributed by atoms with van der Waals surface area (Å²) in [6.45, 7) is 18.3. The molecule has 0 aliphatic heterocycles. The molecule has 0 saturated carbocycles. The first kappa shape index (κ1) is 37.0. The van der Waals surface area contributed by atoms with Gasteiger partial charge in [0.1, 0.15) is 0 Å². The predicted octanol–water partition coefficient (Wildman–Crippen LogP) is 3.50. The van der Waals surface area contributed by atoms with Gasteiger partial charge in [0.15, 0.2) is 0 Å². The van der Waals surface area contributed by atoms with E-state index in [4.69, 9.17) is 18.6 Å². The van der Waals surface area contributed by atoms with Gasteiger partial charge in [0.2, 0.25) is 0 Å². The Balaban J connectivity index is -0.0000000299. The molecule has 126 valence electrons. The Morgan fingerprint density at radius 3 is 0.600 bits per heavy atom. The average molecular weight is 330 g/mol. The SMILES string of the molecule is CC(C)O.CC(C)O.CC(C)O.C[CH-]C.C[CH-]C.[O]=[Ti+2]. The molecule has 0 atom stereocenters. The van der Waals surface area contributed by atoms with Gasteiger partial charge in [-0.15, -0.1) is 0 Å². The number of aliphatic hydroxyl groups excluding tert-OH is 3. The minimum absolute atomic E-state index is 0.167. The van der Waals surface area contributed by atoms with E-state index in [1.165, 1.54) is 0 Å². The number of aliphatic hydroxyl groups is 3. The molecule has 0 radical (unpaired) electrons. The van der Waals surface area contributed by atoms with Gasteiger partial charge in [0.25, 0.3) is 0 Å². The third-order valence-electron chi connectivity index (χ3n) is 0. The summed E-state index contributed by atoms with van der Waals surface area (Å²) in [5.74, 6) is 0. The van der Waals surface area contributed by atoms with Crippen LogP contribution in [0.5, 0.6) is 0 Å². The molecule has 0 aliphatic carbocycles. The molecule has 0 bridgehead atoms. The molecule has 0 saturated heterocycles. The van der Waals surface area contributed by atoms with Crippen molar-refractivity contribution in [3.8, 4) is 0 Å². The van der Waals surface area contributed by atoms with Crippen molar-refractivity contribution in [1.29, 1.82) is 0 Å². The number of hydrogen-bond donors (Lipinski definition) is 3. The van der Waals surface area contributed by atoms with Gasteiger partial charge in [-0.05, 0) is 41.5 Å². The van der Waals surface area contributed by atoms with E-state index in [9.17, 15) is 0 Å². The van der Waals surface area contributed by atoms with E-state index in [0.717, 1.165) is 20.4 Å². The third-order valence-corrected chi connectivity index (χ3v) is 0. The fraction of sp³-hybridized carbons (Fsp3) is 0.867. The number of rotatable bonds is 0. The molecule has 0 spiro atoms. The molecule has 0 heterocycles. The van der Waals surface area contributed by atoms with E-state index < -0.39 is 0 Å². The van der Waals surface area contributed by atoms with Crippen LogP contribution in [-0.2, 0) is 23.7 Å². The molecule has 0 unspecified atom stereocenters. The molecular formula is C15H38O4Ti. The quantitative estimate of drug-likeness (QED) is 0.469. The molecule has 0 fully saturated rings. The Morgan fingerprint density at radius 1 is 0.600 bits per heavy atom. The second-order valence-electron chi connectivity index (χ2n) is 4.44. The summed E-state index contributed by atoms with van der Waals surface area (Å²) >= 11 is 0.750. The van der Waals surface area contributed by atoms with Crippen LogP contribution in [0.1, 0.15) is 69.2 Å². The molecule has 4 nitrogen and oxygen atoms in total. The fourth-order valence-electron chi connectivity index (χ4n) is 0. The van der Waals surface area contributed by atoms with Crippen LogP contribution in [0, 0.1) is 12.8 Å². The normalized spacial score (nSPS) is 7.50. The van der Waals surface area contributed by atoms with Gasteiger partial charge in [0, 0.05) is 18.3 Å². The van der Waals surface area contributed by atoms with Gasteiger partial charge in [-0.25, -0.2) is 0 Å². The van der Waals surface area contributed by atoms with Crippen LogP contribution in [-0.4, -0.2) is 33.6 Å². The van der Waals surface area contributed by atoms with Gasteiger partial charge in [-0.2, -0.15) is 27.7 Å². The van der Waals surface area contributed by atoms with E-state index in [0.29, 0.717) is 0 Å². The predicted molar refractivity (Wildman–Crippen MR) is 84.0 cm³/mol. The topological polar surface area (TPSA) is 77.8 Å². The first-order chi connectivity index (χ1) is 9.02. The second-order valence-corrected chi connectivity index (χ2v) is 4.44. The molecule has 0 aliphatic rings. The van der Waals surface area contributed by atoms with Gasteiger partial charge < -0.3 is 28.2 Å². The van der Waals surface area contributed by atoms with Gasteiger partial charge in [-0.3, -0.25) is 0 Å². The van der Waals surface area contributed by atoms with Crippen LogP contribution in [0.15, 0.2) is 0 Å². The summed E-state index contributed by atoms with van der Waals surface area (Å²) in [6.07, 6.45) is 3.50. The molecule has 3 N–H and O–H groups in total. The summed E-state index contributed by atoms with van der Waals surface area (Å²) in [7, 11) is 0. The second kappa shape index (κ2) is 50.5. The molecule has 0 amide bonds. The molecule has 5 heteroatoms. The maximum atomic E-state index is 8.25. The van der Waals surface area contributed by atoms with Crippen LogP contribution in [0.2, 0.25) is 0 Å². The summed E-state index contributed by atoms with van der Waals surface area (Å²) in [5, 5.41) is 24.2. The van der Waals surface area contributed by atoms with Gasteiger partial charge >= 0.3 is 23.7 Å². The summed E-state index contributed by atoms with van der Waals surface area (Å²) < 4.78 is 8.25. The Kier molecular flexibility index (Phi) is 93.6. The Hall–Kier alpha value is 0.394. The number of hydrogen-bond acceptors (Lipinski definition) is 4. The van der Waals surface area contributed by atoms with Crippen molar-refractivity contribution in [2.24, 2.45) is 0 Å². The summed E-state index contributed by atoms with van der Waals surface area (Å²) in [5.41, 5.74) is 0. The summed E-state index contributed by atoms with van der Waals surface area (Å²) in [6, 6.07) is 0. The van der Waals surface area contributed by atoms with Crippen molar-refractivity contribution in [3.05, 3.63) is 12.8 Å². The van der Waals surface area contributed by atoms with Crippen molar-refractivity contribution < 1.29 is 39.0 Å².